The lowest BCUT2D eigenvalue weighted by molar-refractivity contribution is -0.155. The Labute approximate surface area is 142 Å². The van der Waals surface area contributed by atoms with Crippen LogP contribution in [0.5, 0.6) is 0 Å². The Morgan fingerprint density at radius 1 is 0.917 bits per heavy atom. The van der Waals surface area contributed by atoms with Crippen molar-refractivity contribution in [1.29, 1.82) is 0 Å². The first kappa shape index (κ1) is 14.2. The van der Waals surface area contributed by atoms with Crippen molar-refractivity contribution in [3.05, 3.63) is 60.2 Å². The summed E-state index contributed by atoms with van der Waals surface area (Å²) in [6.45, 7) is 3.29. The van der Waals surface area contributed by atoms with Gasteiger partial charge in [0, 0.05) is 11.5 Å². The zero-order valence-electron chi connectivity index (χ0n) is 13.6. The van der Waals surface area contributed by atoms with Gasteiger partial charge in [0.2, 0.25) is 5.72 Å². The number of hydroxylamine groups is 1. The maximum Gasteiger partial charge on any atom is 0.202 e. The topological polar surface area (TPSA) is 36.9 Å². The van der Waals surface area contributed by atoms with Crippen LogP contribution < -0.4 is 5.48 Å². The second-order valence-electron chi connectivity index (χ2n) is 7.00. The minimum absolute atomic E-state index is 0.371. The summed E-state index contributed by atoms with van der Waals surface area (Å²) in [5.74, 6) is 1.40. The lowest BCUT2D eigenvalue weighted by Crippen LogP contribution is -2.58. The summed E-state index contributed by atoms with van der Waals surface area (Å²) in [6.07, 6.45) is 2.37. The molecule has 122 valence electrons. The minimum atomic E-state index is -0.371. The molecule has 2 aromatic carbocycles. The van der Waals surface area contributed by atoms with Crippen LogP contribution in [0.25, 0.3) is 11.1 Å². The lowest BCUT2D eigenvalue weighted by atomic mass is 9.81. The molecule has 4 aliphatic rings. The Bertz CT molecular complexity index is 763. The van der Waals surface area contributed by atoms with E-state index in [0.717, 1.165) is 17.9 Å². The van der Waals surface area contributed by atoms with Gasteiger partial charge in [0.15, 0.2) is 5.84 Å². The van der Waals surface area contributed by atoms with Crippen LogP contribution in [0.2, 0.25) is 0 Å². The largest absolute Gasteiger partial charge is 0.298 e. The standard InChI is InChI=1S/C20H21N3O/c1-2-4-15(5-3-1)16-6-8-17(9-7-16)19-21-20(24-22-19)14-23-12-10-18(20)11-13-23/h1-9,18H,10-14H2,(H,21,22)/t20-/m0/s1. The van der Waals surface area contributed by atoms with Gasteiger partial charge in [-0.05, 0) is 37.1 Å². The molecule has 2 bridgehead atoms. The molecule has 0 aliphatic carbocycles. The molecule has 0 radical (unpaired) electrons. The zero-order valence-corrected chi connectivity index (χ0v) is 13.6. The molecule has 24 heavy (non-hydrogen) atoms. The van der Waals surface area contributed by atoms with Gasteiger partial charge >= 0.3 is 0 Å². The highest BCUT2D eigenvalue weighted by Gasteiger charge is 2.51. The number of hydrogen-bond acceptors (Lipinski definition) is 4. The molecule has 4 aliphatic heterocycles. The van der Waals surface area contributed by atoms with Crippen molar-refractivity contribution in [2.24, 2.45) is 10.9 Å². The number of fused-ring (bicyclic) bond motifs is 2. The normalized spacial score (nSPS) is 31.1. The zero-order chi connectivity index (χ0) is 16.0. The van der Waals surface area contributed by atoms with E-state index in [1.165, 1.54) is 37.1 Å². The number of amidine groups is 1. The van der Waals surface area contributed by atoms with Gasteiger partial charge in [-0.3, -0.25) is 4.90 Å². The van der Waals surface area contributed by atoms with Gasteiger partial charge in [-0.1, -0.05) is 54.6 Å². The molecule has 3 fully saturated rings. The highest BCUT2D eigenvalue weighted by molar-refractivity contribution is 5.99. The first-order valence-electron chi connectivity index (χ1n) is 8.74. The van der Waals surface area contributed by atoms with E-state index in [2.05, 4.69) is 58.9 Å². The van der Waals surface area contributed by atoms with Gasteiger partial charge in [-0.2, -0.15) is 0 Å². The average Bonchev–Trinajstić information content (AvgIpc) is 3.07. The summed E-state index contributed by atoms with van der Waals surface area (Å²) in [6, 6.07) is 19.0. The predicted octanol–water partition coefficient (Wildman–Crippen LogP) is 3.06. The Hall–Kier alpha value is -2.17. The molecule has 0 unspecified atom stereocenters. The van der Waals surface area contributed by atoms with Gasteiger partial charge in [0.1, 0.15) is 0 Å². The Morgan fingerprint density at radius 2 is 1.58 bits per heavy atom. The van der Waals surface area contributed by atoms with E-state index in [4.69, 9.17) is 9.83 Å². The van der Waals surface area contributed by atoms with Crippen molar-refractivity contribution in [2.45, 2.75) is 18.6 Å². The van der Waals surface area contributed by atoms with E-state index < -0.39 is 0 Å². The first-order chi connectivity index (χ1) is 11.8. The van der Waals surface area contributed by atoms with Crippen LogP contribution in [0, 0.1) is 5.92 Å². The third kappa shape index (κ3) is 2.26. The van der Waals surface area contributed by atoms with Gasteiger partial charge in [0.05, 0.1) is 6.54 Å². The second-order valence-corrected chi connectivity index (χ2v) is 7.00. The third-order valence-electron chi connectivity index (χ3n) is 5.57. The summed E-state index contributed by atoms with van der Waals surface area (Å²) < 4.78 is 0. The van der Waals surface area contributed by atoms with Crippen molar-refractivity contribution in [3.63, 3.8) is 0 Å². The molecule has 3 saturated heterocycles. The molecule has 4 nitrogen and oxygen atoms in total. The molecule has 6 rings (SSSR count). The minimum Gasteiger partial charge on any atom is -0.298 e. The van der Waals surface area contributed by atoms with Gasteiger partial charge in [0.25, 0.3) is 0 Å². The van der Waals surface area contributed by atoms with Crippen molar-refractivity contribution in [3.8, 4) is 11.1 Å². The van der Waals surface area contributed by atoms with E-state index >= 15 is 0 Å². The van der Waals surface area contributed by atoms with Crippen LogP contribution in [-0.2, 0) is 4.84 Å². The third-order valence-corrected chi connectivity index (χ3v) is 5.57. The summed E-state index contributed by atoms with van der Waals surface area (Å²) in [7, 11) is 0. The molecule has 1 spiro atoms. The number of piperidine rings is 3. The summed E-state index contributed by atoms with van der Waals surface area (Å²) >= 11 is 0. The maximum atomic E-state index is 6.00. The van der Waals surface area contributed by atoms with Crippen molar-refractivity contribution in [1.82, 2.24) is 10.4 Å². The highest BCUT2D eigenvalue weighted by Crippen LogP contribution is 2.40. The number of nitrogens with zero attached hydrogens (tertiary/aromatic N) is 2. The van der Waals surface area contributed by atoms with Crippen LogP contribution >= 0.6 is 0 Å². The molecule has 0 saturated carbocycles. The summed E-state index contributed by atoms with van der Waals surface area (Å²) in [4.78, 5) is 13.4. The van der Waals surface area contributed by atoms with Crippen LogP contribution in [0.1, 0.15) is 18.4 Å². The smallest absolute Gasteiger partial charge is 0.202 e. The maximum absolute atomic E-state index is 6.00. The molecule has 4 heterocycles. The van der Waals surface area contributed by atoms with E-state index in [1.807, 2.05) is 6.07 Å². The number of rotatable bonds is 2. The molecule has 2 aromatic rings. The first-order valence-corrected chi connectivity index (χ1v) is 8.74. The quantitative estimate of drug-likeness (QED) is 0.924. The van der Waals surface area contributed by atoms with Crippen LogP contribution in [0.3, 0.4) is 0 Å². The fourth-order valence-corrected chi connectivity index (χ4v) is 4.18. The monoisotopic (exact) mass is 319 g/mol. The molecule has 4 heteroatoms. The van der Waals surface area contributed by atoms with E-state index in [1.54, 1.807) is 0 Å². The fourth-order valence-electron chi connectivity index (χ4n) is 4.18. The molecule has 0 amide bonds. The molecular weight excluding hydrogens is 298 g/mol. The number of hydrogen-bond donors (Lipinski definition) is 1. The van der Waals surface area contributed by atoms with Crippen LogP contribution in [0.4, 0.5) is 0 Å². The molecule has 1 N–H and O–H groups in total. The summed E-state index contributed by atoms with van der Waals surface area (Å²) in [5, 5.41) is 0. The van der Waals surface area contributed by atoms with Crippen LogP contribution in [-0.4, -0.2) is 36.1 Å². The summed E-state index contributed by atoms with van der Waals surface area (Å²) in [5.41, 5.74) is 6.27. The van der Waals surface area contributed by atoms with Crippen molar-refractivity contribution >= 4 is 5.84 Å². The van der Waals surface area contributed by atoms with E-state index in [9.17, 15) is 0 Å². The average molecular weight is 319 g/mol. The second kappa shape index (κ2) is 5.43. The van der Waals surface area contributed by atoms with Gasteiger partial charge < -0.3 is 0 Å². The molecular formula is C20H21N3O. The van der Waals surface area contributed by atoms with E-state index in [0.29, 0.717) is 5.92 Å². The number of aliphatic imine (C=N–C) groups is 1. The highest BCUT2D eigenvalue weighted by atomic mass is 16.7. The van der Waals surface area contributed by atoms with Crippen molar-refractivity contribution in [2.75, 3.05) is 19.6 Å². The molecule has 1 atom stereocenters. The van der Waals surface area contributed by atoms with Crippen molar-refractivity contribution < 1.29 is 4.84 Å². The predicted molar refractivity (Wildman–Crippen MR) is 94.5 cm³/mol. The van der Waals surface area contributed by atoms with Crippen LogP contribution in [0.15, 0.2) is 59.6 Å². The SMILES string of the molecule is c1ccc(-c2ccc(C3=N[C@@]4(CN5CCC4CC5)ON3)cc2)cc1. The van der Waals surface area contributed by atoms with E-state index in [-0.39, 0.29) is 5.72 Å². The molecule has 0 aromatic heterocycles. The Balaban J connectivity index is 1.42. The fraction of sp³-hybridized carbons (Fsp3) is 0.350. The van der Waals surface area contributed by atoms with Gasteiger partial charge in [-0.15, -0.1) is 0 Å². The number of nitrogens with one attached hydrogen (secondary N) is 1. The Morgan fingerprint density at radius 3 is 2.25 bits per heavy atom. The number of benzene rings is 2. The Kier molecular flexibility index (Phi) is 3.21. The lowest BCUT2D eigenvalue weighted by Gasteiger charge is -2.47. The van der Waals surface area contributed by atoms with Gasteiger partial charge in [-0.25, -0.2) is 15.3 Å².